The van der Waals surface area contributed by atoms with E-state index in [0.29, 0.717) is 56.9 Å². The van der Waals surface area contributed by atoms with E-state index >= 15 is 0 Å². The van der Waals surface area contributed by atoms with Gasteiger partial charge in [-0.3, -0.25) is 0 Å². The molecule has 0 aliphatic rings. The van der Waals surface area contributed by atoms with Crippen molar-refractivity contribution in [3.63, 3.8) is 0 Å². The monoisotopic (exact) mass is 922 g/mol. The number of hydrogen-bond acceptors (Lipinski definition) is 10. The fraction of sp³-hybridized carbons (Fsp3) is 0.0566. The molecule has 0 bridgehead atoms. The first kappa shape index (κ1) is 42.7. The smallest absolute Gasteiger partial charge is 0.175 e. The molecule has 0 aliphatic carbocycles. The number of sulfone groups is 2. The van der Waals surface area contributed by atoms with E-state index in [1.54, 1.807) is 70.0 Å². The molecule has 6 N–H and O–H groups in total. The highest BCUT2D eigenvalue weighted by Gasteiger charge is 2.20. The number of nitrogens with zero attached hydrogens (tertiary/aromatic N) is 4. The first-order chi connectivity index (χ1) is 32.0. The first-order valence-electron chi connectivity index (χ1n) is 21.1. The van der Waals surface area contributed by atoms with Crippen LogP contribution in [0.25, 0.3) is 77.7 Å². The Hall–Kier alpha value is -8.20. The molecule has 0 saturated carbocycles. The third-order valence-electron chi connectivity index (χ3n) is 11.9. The van der Waals surface area contributed by atoms with Gasteiger partial charge in [0.1, 0.15) is 17.0 Å². The molecule has 0 unspecified atom stereocenters. The Morgan fingerprint density at radius 3 is 1.45 bits per heavy atom. The minimum atomic E-state index is -3.40. The maximum absolute atomic E-state index is 12.2. The van der Waals surface area contributed by atoms with Crippen LogP contribution in [0.4, 0.5) is 11.4 Å². The van der Waals surface area contributed by atoms with Gasteiger partial charge in [-0.1, -0.05) is 36.4 Å². The second kappa shape index (κ2) is 16.3. The van der Waals surface area contributed by atoms with E-state index in [2.05, 4.69) is 0 Å². The molecular formula is C53H42N6O6S2. The van der Waals surface area contributed by atoms with E-state index in [4.69, 9.17) is 21.7 Å². The summed E-state index contributed by atoms with van der Waals surface area (Å²) in [7, 11) is -6.79. The number of aromatic nitrogens is 4. The molecule has 8 aromatic carbocycles. The van der Waals surface area contributed by atoms with Gasteiger partial charge in [-0.05, 0) is 167 Å². The van der Waals surface area contributed by atoms with Gasteiger partial charge in [0.15, 0.2) is 19.7 Å². The Kier molecular flexibility index (Phi) is 10.4. The van der Waals surface area contributed by atoms with Crippen molar-refractivity contribution in [1.82, 2.24) is 19.6 Å². The lowest BCUT2D eigenvalue weighted by Gasteiger charge is -2.13. The van der Waals surface area contributed by atoms with Crippen LogP contribution < -0.4 is 11.5 Å². The molecular weight excluding hydrogens is 881 g/mol. The van der Waals surface area contributed by atoms with Crippen molar-refractivity contribution in [3.8, 4) is 67.4 Å². The number of phenolic OH excluding ortho intramolecular Hbond substituents is 2. The molecule has 0 amide bonds. The molecule has 332 valence electrons. The third kappa shape index (κ3) is 8.47. The molecule has 0 saturated heterocycles. The van der Waals surface area contributed by atoms with E-state index in [1.165, 1.54) is 12.5 Å². The number of aromatic hydroxyl groups is 2. The second-order valence-electron chi connectivity index (χ2n) is 16.7. The number of nitrogen functional groups attached to an aromatic ring is 2. The van der Waals surface area contributed by atoms with Crippen LogP contribution in [0.2, 0.25) is 0 Å². The zero-order valence-electron chi connectivity index (χ0n) is 36.2. The van der Waals surface area contributed by atoms with Crippen molar-refractivity contribution in [2.75, 3.05) is 24.0 Å². The zero-order chi connectivity index (χ0) is 46.8. The molecule has 10 aromatic rings. The maximum atomic E-state index is 12.2. The molecule has 0 radical (unpaired) electrons. The average Bonchev–Trinajstić information content (AvgIpc) is 3.95. The standard InChI is InChI=1S/C53H42N6O6S2/c1-66(62,63)43-17-13-41(14-18-43)58-30-38-26-36(34-5-9-39(54)10-6-34)28-48(53(38)57-58)47-25-33(4-22-52(47)61)23-32-3-21-51(60)46(24-32)45-27-37(35-7-11-40(55)12-8-35)29-50-49(45)31-59(56-50)42-15-19-44(20-16-42)67(2,64)65/h3-22,24-31,60-61H,23,54-55H2,1-2H3. The van der Waals surface area contributed by atoms with Crippen LogP contribution in [0.15, 0.2) is 180 Å². The molecule has 0 spiro atoms. The summed E-state index contributed by atoms with van der Waals surface area (Å²) in [5, 5.41) is 34.6. The highest BCUT2D eigenvalue weighted by Crippen LogP contribution is 2.41. The van der Waals surface area contributed by atoms with E-state index in [9.17, 15) is 27.0 Å². The number of hydrogen-bond donors (Lipinski definition) is 4. The Labute approximate surface area is 386 Å². The van der Waals surface area contributed by atoms with Gasteiger partial charge < -0.3 is 21.7 Å². The zero-order valence-corrected chi connectivity index (χ0v) is 37.8. The summed E-state index contributed by atoms with van der Waals surface area (Å²) >= 11 is 0. The molecule has 67 heavy (non-hydrogen) atoms. The number of anilines is 2. The summed E-state index contributed by atoms with van der Waals surface area (Å²) in [4.78, 5) is 0.405. The molecule has 0 atom stereocenters. The van der Waals surface area contributed by atoms with Gasteiger partial charge in [0.2, 0.25) is 0 Å². The average molecular weight is 923 g/mol. The lowest BCUT2D eigenvalue weighted by molar-refractivity contribution is 0.477. The second-order valence-corrected chi connectivity index (χ2v) is 20.8. The third-order valence-corrected chi connectivity index (χ3v) is 14.1. The first-order valence-corrected chi connectivity index (χ1v) is 24.9. The van der Waals surface area contributed by atoms with Crippen LogP contribution in [-0.2, 0) is 26.1 Å². The Bertz CT molecular complexity index is 3540. The highest BCUT2D eigenvalue weighted by molar-refractivity contribution is 7.91. The summed E-state index contributed by atoms with van der Waals surface area (Å²) in [5.74, 6) is 0.127. The van der Waals surface area contributed by atoms with Crippen LogP contribution in [0.3, 0.4) is 0 Å². The van der Waals surface area contributed by atoms with Crippen LogP contribution >= 0.6 is 0 Å². The van der Waals surface area contributed by atoms with E-state index in [1.807, 2.05) is 109 Å². The lowest BCUT2D eigenvalue weighted by atomic mass is 9.92. The quantitative estimate of drug-likeness (QED) is 0.0959. The van der Waals surface area contributed by atoms with Crippen molar-refractivity contribution < 1.29 is 27.0 Å². The van der Waals surface area contributed by atoms with Crippen molar-refractivity contribution in [1.29, 1.82) is 0 Å². The Morgan fingerprint density at radius 1 is 0.478 bits per heavy atom. The van der Waals surface area contributed by atoms with Gasteiger partial charge in [0, 0.05) is 63.7 Å². The van der Waals surface area contributed by atoms with Gasteiger partial charge >= 0.3 is 0 Å². The van der Waals surface area contributed by atoms with Crippen LogP contribution in [-0.4, -0.2) is 59.1 Å². The van der Waals surface area contributed by atoms with E-state index in [-0.39, 0.29) is 21.3 Å². The molecule has 10 rings (SSSR count). The minimum absolute atomic E-state index is 0.0582. The predicted molar refractivity (Wildman–Crippen MR) is 265 cm³/mol. The van der Waals surface area contributed by atoms with Gasteiger partial charge in [0.05, 0.1) is 26.7 Å². The largest absolute Gasteiger partial charge is 0.507 e. The minimum Gasteiger partial charge on any atom is -0.507 e. The summed E-state index contributed by atoms with van der Waals surface area (Å²) in [6, 6.07) is 47.1. The SMILES string of the molecule is CS(=O)(=O)c1ccc(-n2cc3c(-c4cc(Cc5ccc(O)c(-c6cc(-c7ccc(N)cc7)cc7cn(-c8ccc(S(C)(=O)=O)cc8)nc67)c5)ccc4O)cc(-c4ccc(N)cc4)cc3n2)cc1. The molecule has 14 heteroatoms. The molecule has 2 heterocycles. The molecule has 12 nitrogen and oxygen atoms in total. The number of rotatable bonds is 10. The van der Waals surface area contributed by atoms with E-state index < -0.39 is 19.7 Å². The summed E-state index contributed by atoms with van der Waals surface area (Å²) < 4.78 is 52.2. The summed E-state index contributed by atoms with van der Waals surface area (Å²) in [6.45, 7) is 0. The Morgan fingerprint density at radius 2 is 0.940 bits per heavy atom. The Balaban J connectivity index is 1.06. The highest BCUT2D eigenvalue weighted by atomic mass is 32.2. The normalized spacial score (nSPS) is 12.0. The summed E-state index contributed by atoms with van der Waals surface area (Å²) in [5.41, 5.74) is 23.9. The van der Waals surface area contributed by atoms with Gasteiger partial charge in [-0.15, -0.1) is 0 Å². The lowest BCUT2D eigenvalue weighted by Crippen LogP contribution is -1.99. The van der Waals surface area contributed by atoms with Crippen molar-refractivity contribution in [2.24, 2.45) is 0 Å². The van der Waals surface area contributed by atoms with Crippen LogP contribution in [0.1, 0.15) is 11.1 Å². The van der Waals surface area contributed by atoms with Crippen LogP contribution in [0.5, 0.6) is 11.5 Å². The van der Waals surface area contributed by atoms with Crippen LogP contribution in [0, 0.1) is 0 Å². The number of benzene rings is 8. The van der Waals surface area contributed by atoms with Gasteiger partial charge in [-0.2, -0.15) is 10.2 Å². The molecule has 0 fully saturated rings. The fourth-order valence-electron chi connectivity index (χ4n) is 8.38. The van der Waals surface area contributed by atoms with Gasteiger partial charge in [0.25, 0.3) is 0 Å². The maximum Gasteiger partial charge on any atom is 0.175 e. The van der Waals surface area contributed by atoms with E-state index in [0.717, 1.165) is 49.7 Å². The number of fused-ring (bicyclic) bond motifs is 2. The molecule has 2 aromatic heterocycles. The van der Waals surface area contributed by atoms with Gasteiger partial charge in [-0.25, -0.2) is 26.2 Å². The van der Waals surface area contributed by atoms with Crippen molar-refractivity contribution in [3.05, 3.63) is 181 Å². The molecule has 0 aliphatic heterocycles. The topological polar surface area (TPSA) is 196 Å². The van der Waals surface area contributed by atoms with Crippen molar-refractivity contribution in [2.45, 2.75) is 16.2 Å². The predicted octanol–water partition coefficient (Wildman–Crippen LogP) is 10.0. The number of nitrogens with two attached hydrogens (primary N) is 2. The summed E-state index contributed by atoms with van der Waals surface area (Å²) in [6.07, 6.45) is 6.53. The fourth-order valence-corrected chi connectivity index (χ4v) is 9.64. The number of phenols is 2. The van der Waals surface area contributed by atoms with Crippen molar-refractivity contribution >= 4 is 52.9 Å².